The number of hydrogen-bond acceptors (Lipinski definition) is 2. The van der Waals surface area contributed by atoms with E-state index in [1.807, 2.05) is 6.07 Å². The molecule has 2 rings (SSSR count). The molecule has 2 atom stereocenters. The monoisotopic (exact) mass is 219 g/mol. The molecule has 1 aliphatic rings. The van der Waals surface area contributed by atoms with Crippen molar-refractivity contribution >= 4 is 0 Å². The fraction of sp³-hybridized carbons (Fsp3) is 0.571. The third-order valence-electron chi connectivity index (χ3n) is 3.45. The molecule has 1 aromatic carbocycles. The Morgan fingerprint density at radius 2 is 2.25 bits per heavy atom. The summed E-state index contributed by atoms with van der Waals surface area (Å²) in [7, 11) is 2.06. The zero-order valence-electron chi connectivity index (χ0n) is 10.2. The van der Waals surface area contributed by atoms with Crippen LogP contribution in [0.25, 0.3) is 0 Å². The van der Waals surface area contributed by atoms with E-state index in [0.29, 0.717) is 12.0 Å². The van der Waals surface area contributed by atoms with E-state index in [1.165, 1.54) is 18.4 Å². The zero-order valence-corrected chi connectivity index (χ0v) is 10.2. The highest BCUT2D eigenvalue weighted by Crippen LogP contribution is 2.29. The lowest BCUT2D eigenvalue weighted by atomic mass is 9.88. The first kappa shape index (κ1) is 11.5. The van der Waals surface area contributed by atoms with Gasteiger partial charge in [-0.2, -0.15) is 0 Å². The SMILES string of the molecule is CCCC(NC)C1COc2ccccc2C1. The van der Waals surface area contributed by atoms with Crippen molar-refractivity contribution in [3.05, 3.63) is 29.8 Å². The molecular formula is C14H21NO. The Labute approximate surface area is 98.0 Å². The lowest BCUT2D eigenvalue weighted by Crippen LogP contribution is -2.39. The minimum absolute atomic E-state index is 0.582. The Balaban J connectivity index is 2.06. The molecule has 0 fully saturated rings. The van der Waals surface area contributed by atoms with Crippen LogP contribution in [-0.2, 0) is 6.42 Å². The molecule has 0 radical (unpaired) electrons. The molecule has 0 spiro atoms. The molecule has 0 bridgehead atoms. The van der Waals surface area contributed by atoms with Crippen LogP contribution in [-0.4, -0.2) is 19.7 Å². The summed E-state index contributed by atoms with van der Waals surface area (Å²) < 4.78 is 5.83. The molecule has 0 aliphatic carbocycles. The number of benzene rings is 1. The van der Waals surface area contributed by atoms with E-state index < -0.39 is 0 Å². The highest BCUT2D eigenvalue weighted by atomic mass is 16.5. The number of nitrogens with one attached hydrogen (secondary N) is 1. The van der Waals surface area contributed by atoms with Gasteiger partial charge in [0.05, 0.1) is 6.61 Å². The predicted molar refractivity (Wildman–Crippen MR) is 66.9 cm³/mol. The summed E-state index contributed by atoms with van der Waals surface area (Å²) >= 11 is 0. The molecule has 1 N–H and O–H groups in total. The quantitative estimate of drug-likeness (QED) is 0.840. The summed E-state index contributed by atoms with van der Waals surface area (Å²) in [6, 6.07) is 8.97. The van der Waals surface area contributed by atoms with Crippen LogP contribution in [0.15, 0.2) is 24.3 Å². The summed E-state index contributed by atoms with van der Waals surface area (Å²) in [6.07, 6.45) is 3.60. The van der Waals surface area contributed by atoms with E-state index in [0.717, 1.165) is 18.8 Å². The van der Waals surface area contributed by atoms with Gasteiger partial charge in [0, 0.05) is 12.0 Å². The maximum atomic E-state index is 5.83. The topological polar surface area (TPSA) is 21.3 Å². The van der Waals surface area contributed by atoms with Gasteiger partial charge in [0.25, 0.3) is 0 Å². The van der Waals surface area contributed by atoms with E-state index in [9.17, 15) is 0 Å². The van der Waals surface area contributed by atoms with E-state index in [2.05, 4.69) is 37.5 Å². The van der Waals surface area contributed by atoms with Crippen molar-refractivity contribution in [1.29, 1.82) is 0 Å². The Hall–Kier alpha value is -1.02. The van der Waals surface area contributed by atoms with E-state index >= 15 is 0 Å². The number of fused-ring (bicyclic) bond motifs is 1. The van der Waals surface area contributed by atoms with Crippen LogP contribution in [0.4, 0.5) is 0 Å². The minimum Gasteiger partial charge on any atom is -0.493 e. The van der Waals surface area contributed by atoms with E-state index in [4.69, 9.17) is 4.74 Å². The van der Waals surface area contributed by atoms with Gasteiger partial charge in [0.1, 0.15) is 5.75 Å². The van der Waals surface area contributed by atoms with Gasteiger partial charge >= 0.3 is 0 Å². The molecular weight excluding hydrogens is 198 g/mol. The molecule has 1 heterocycles. The van der Waals surface area contributed by atoms with Crippen LogP contribution < -0.4 is 10.1 Å². The van der Waals surface area contributed by atoms with Crippen LogP contribution >= 0.6 is 0 Å². The molecule has 0 saturated heterocycles. The van der Waals surface area contributed by atoms with Gasteiger partial charge in [0.2, 0.25) is 0 Å². The predicted octanol–water partition coefficient (Wildman–Crippen LogP) is 2.63. The molecule has 2 nitrogen and oxygen atoms in total. The number of rotatable bonds is 4. The molecule has 0 saturated carbocycles. The second kappa shape index (κ2) is 5.35. The van der Waals surface area contributed by atoms with Gasteiger partial charge in [-0.3, -0.25) is 0 Å². The fourth-order valence-corrected chi connectivity index (χ4v) is 2.54. The molecule has 1 aromatic rings. The Morgan fingerprint density at radius 1 is 1.44 bits per heavy atom. The molecule has 0 aromatic heterocycles. The van der Waals surface area contributed by atoms with E-state index in [-0.39, 0.29) is 0 Å². The van der Waals surface area contributed by atoms with Gasteiger partial charge in [-0.25, -0.2) is 0 Å². The van der Waals surface area contributed by atoms with E-state index in [1.54, 1.807) is 0 Å². The van der Waals surface area contributed by atoms with Crippen LogP contribution in [0.1, 0.15) is 25.3 Å². The Morgan fingerprint density at radius 3 is 3.00 bits per heavy atom. The highest BCUT2D eigenvalue weighted by molar-refractivity contribution is 5.35. The summed E-state index contributed by atoms with van der Waals surface area (Å²) in [4.78, 5) is 0. The molecule has 2 unspecified atom stereocenters. The van der Waals surface area contributed by atoms with Crippen LogP contribution in [0.3, 0.4) is 0 Å². The van der Waals surface area contributed by atoms with Crippen molar-refractivity contribution in [2.24, 2.45) is 5.92 Å². The second-order valence-corrected chi connectivity index (χ2v) is 4.57. The smallest absolute Gasteiger partial charge is 0.122 e. The number of hydrogen-bond donors (Lipinski definition) is 1. The third kappa shape index (κ3) is 2.38. The van der Waals surface area contributed by atoms with Crippen molar-refractivity contribution in [2.45, 2.75) is 32.2 Å². The standard InChI is InChI=1S/C14H21NO/c1-3-6-13(15-2)12-9-11-7-4-5-8-14(11)16-10-12/h4-5,7-8,12-13,15H,3,6,9-10H2,1-2H3. The summed E-state index contributed by atoms with van der Waals surface area (Å²) in [5.74, 6) is 1.69. The third-order valence-corrected chi connectivity index (χ3v) is 3.45. The van der Waals surface area contributed by atoms with Gasteiger partial charge in [-0.15, -0.1) is 0 Å². The Kier molecular flexibility index (Phi) is 3.83. The van der Waals surface area contributed by atoms with Crippen molar-refractivity contribution in [1.82, 2.24) is 5.32 Å². The molecule has 2 heteroatoms. The number of para-hydroxylation sites is 1. The second-order valence-electron chi connectivity index (χ2n) is 4.57. The van der Waals surface area contributed by atoms with Gasteiger partial charge in [-0.1, -0.05) is 31.5 Å². The first-order valence-electron chi connectivity index (χ1n) is 6.23. The average Bonchev–Trinajstić information content (AvgIpc) is 2.35. The number of ether oxygens (including phenoxy) is 1. The summed E-state index contributed by atoms with van der Waals surface area (Å²) in [5, 5.41) is 3.42. The zero-order chi connectivity index (χ0) is 11.4. The van der Waals surface area contributed by atoms with Crippen LogP contribution in [0.2, 0.25) is 0 Å². The van der Waals surface area contributed by atoms with Crippen molar-refractivity contribution in [2.75, 3.05) is 13.7 Å². The fourth-order valence-electron chi connectivity index (χ4n) is 2.54. The first-order chi connectivity index (χ1) is 7.85. The normalized spacial score (nSPS) is 21.0. The Bertz CT molecular complexity index is 337. The van der Waals surface area contributed by atoms with Crippen molar-refractivity contribution in [3.63, 3.8) is 0 Å². The van der Waals surface area contributed by atoms with Gasteiger partial charge < -0.3 is 10.1 Å². The van der Waals surface area contributed by atoms with Crippen LogP contribution in [0.5, 0.6) is 5.75 Å². The minimum atomic E-state index is 0.582. The summed E-state index contributed by atoms with van der Waals surface area (Å²) in [6.45, 7) is 3.09. The first-order valence-corrected chi connectivity index (χ1v) is 6.23. The van der Waals surface area contributed by atoms with Crippen LogP contribution in [0, 0.1) is 5.92 Å². The molecule has 16 heavy (non-hydrogen) atoms. The van der Waals surface area contributed by atoms with Crippen molar-refractivity contribution < 1.29 is 4.74 Å². The van der Waals surface area contributed by atoms with Gasteiger partial charge in [-0.05, 0) is 31.5 Å². The average molecular weight is 219 g/mol. The molecule has 0 amide bonds. The maximum Gasteiger partial charge on any atom is 0.122 e. The van der Waals surface area contributed by atoms with Gasteiger partial charge in [0.15, 0.2) is 0 Å². The largest absolute Gasteiger partial charge is 0.493 e. The maximum absolute atomic E-state index is 5.83. The molecule has 1 aliphatic heterocycles. The summed E-state index contributed by atoms with van der Waals surface area (Å²) in [5.41, 5.74) is 1.36. The van der Waals surface area contributed by atoms with Crippen molar-refractivity contribution in [3.8, 4) is 5.75 Å². The lowest BCUT2D eigenvalue weighted by Gasteiger charge is -2.31. The lowest BCUT2D eigenvalue weighted by molar-refractivity contribution is 0.183. The highest BCUT2D eigenvalue weighted by Gasteiger charge is 2.25. The molecule has 88 valence electrons.